The van der Waals surface area contributed by atoms with Crippen molar-refractivity contribution in [1.29, 1.82) is 0 Å². The van der Waals surface area contributed by atoms with Crippen molar-refractivity contribution < 1.29 is 14.1 Å². The lowest BCUT2D eigenvalue weighted by atomic mass is 10.2. The van der Waals surface area contributed by atoms with E-state index in [-0.39, 0.29) is 12.3 Å². The van der Waals surface area contributed by atoms with Gasteiger partial charge in [0.25, 0.3) is 11.6 Å². The first-order valence-corrected chi connectivity index (χ1v) is 6.89. The first kappa shape index (κ1) is 14.7. The van der Waals surface area contributed by atoms with Crippen LogP contribution >= 0.6 is 0 Å². The van der Waals surface area contributed by atoms with Gasteiger partial charge in [-0.3, -0.25) is 10.1 Å². The van der Waals surface area contributed by atoms with Crippen molar-refractivity contribution in [3.05, 3.63) is 70.1 Å². The highest BCUT2D eigenvalue weighted by Gasteiger charge is 2.12. The zero-order chi connectivity index (χ0) is 16.2. The van der Waals surface area contributed by atoms with Crippen LogP contribution < -0.4 is 4.74 Å². The maximum atomic E-state index is 10.8. The first-order chi connectivity index (χ1) is 11.1. The van der Waals surface area contributed by atoms with Crippen LogP contribution in [0.2, 0.25) is 0 Å². The van der Waals surface area contributed by atoms with E-state index in [4.69, 9.17) is 9.15 Å². The maximum absolute atomic E-state index is 10.8. The quantitative estimate of drug-likeness (QED) is 0.528. The molecule has 2 aromatic carbocycles. The number of ether oxygens (including phenoxy) is 1. The Labute approximate surface area is 131 Å². The summed E-state index contributed by atoms with van der Waals surface area (Å²) in [6.07, 6.45) is 0. The van der Waals surface area contributed by atoms with Gasteiger partial charge < -0.3 is 9.15 Å². The highest BCUT2D eigenvalue weighted by Crippen LogP contribution is 2.24. The zero-order valence-electron chi connectivity index (χ0n) is 12.3. The largest absolute Gasteiger partial charge is 0.484 e. The molecule has 0 fully saturated rings. The Kier molecular flexibility index (Phi) is 4.01. The maximum Gasteiger partial charge on any atom is 0.272 e. The van der Waals surface area contributed by atoms with Crippen LogP contribution in [0.3, 0.4) is 0 Å². The summed E-state index contributed by atoms with van der Waals surface area (Å²) < 4.78 is 11.1. The Hall–Kier alpha value is -3.22. The van der Waals surface area contributed by atoms with Gasteiger partial charge in [0.2, 0.25) is 5.89 Å². The number of hydrogen-bond acceptors (Lipinski definition) is 6. The van der Waals surface area contributed by atoms with Gasteiger partial charge in [-0.15, -0.1) is 10.2 Å². The third-order valence-corrected chi connectivity index (χ3v) is 3.21. The summed E-state index contributed by atoms with van der Waals surface area (Å²) in [5.41, 5.74) is 1.42. The summed E-state index contributed by atoms with van der Waals surface area (Å²) in [7, 11) is 0. The molecule has 7 nitrogen and oxygen atoms in total. The number of nitro groups is 1. The molecule has 0 saturated heterocycles. The zero-order valence-corrected chi connectivity index (χ0v) is 12.3. The Morgan fingerprint density at radius 1 is 1.17 bits per heavy atom. The molecule has 1 heterocycles. The fourth-order valence-corrected chi connectivity index (χ4v) is 2.08. The van der Waals surface area contributed by atoms with E-state index in [9.17, 15) is 10.1 Å². The van der Waals surface area contributed by atoms with E-state index >= 15 is 0 Å². The van der Waals surface area contributed by atoms with Crippen LogP contribution in [-0.2, 0) is 6.61 Å². The van der Waals surface area contributed by atoms with E-state index in [0.717, 1.165) is 5.56 Å². The lowest BCUT2D eigenvalue weighted by Gasteiger charge is -2.04. The summed E-state index contributed by atoms with van der Waals surface area (Å²) in [6.45, 7) is 1.75. The minimum atomic E-state index is -0.427. The first-order valence-electron chi connectivity index (χ1n) is 6.89. The molecule has 0 N–H and O–H groups in total. The van der Waals surface area contributed by atoms with Crippen molar-refractivity contribution in [2.45, 2.75) is 13.5 Å². The Morgan fingerprint density at radius 3 is 2.65 bits per heavy atom. The Morgan fingerprint density at radius 2 is 1.96 bits per heavy atom. The number of hydrogen-bond donors (Lipinski definition) is 0. The smallest absolute Gasteiger partial charge is 0.272 e. The molecule has 0 radical (unpaired) electrons. The van der Waals surface area contributed by atoms with E-state index in [1.807, 2.05) is 30.3 Å². The molecule has 0 spiro atoms. The van der Waals surface area contributed by atoms with E-state index in [1.54, 1.807) is 19.1 Å². The molecule has 7 heteroatoms. The monoisotopic (exact) mass is 311 g/mol. The molecule has 3 aromatic rings. The van der Waals surface area contributed by atoms with Gasteiger partial charge in [0.05, 0.1) is 4.92 Å². The van der Waals surface area contributed by atoms with E-state index in [2.05, 4.69) is 10.2 Å². The molecule has 0 aliphatic carbocycles. The molecular weight excluding hydrogens is 298 g/mol. The summed E-state index contributed by atoms with van der Waals surface area (Å²) in [5.74, 6) is 1.26. The molecule has 0 bridgehead atoms. The van der Waals surface area contributed by atoms with Crippen LogP contribution in [0.4, 0.5) is 5.69 Å². The molecule has 1 aromatic heterocycles. The normalized spacial score (nSPS) is 10.5. The fourth-order valence-electron chi connectivity index (χ4n) is 2.08. The van der Waals surface area contributed by atoms with Crippen molar-refractivity contribution in [2.75, 3.05) is 0 Å². The average Bonchev–Trinajstić information content (AvgIpc) is 3.02. The Bertz CT molecular complexity index is 830. The number of nitrogens with zero attached hydrogens (tertiary/aromatic N) is 3. The SMILES string of the molecule is Cc1cc(OCc2nnc(-c3ccccc3)o2)ccc1[N+](=O)[O-]. The van der Waals surface area contributed by atoms with Gasteiger partial charge >= 0.3 is 0 Å². The highest BCUT2D eigenvalue weighted by atomic mass is 16.6. The van der Waals surface area contributed by atoms with E-state index in [1.165, 1.54) is 6.07 Å². The minimum Gasteiger partial charge on any atom is -0.484 e. The number of nitro benzene ring substituents is 1. The van der Waals surface area contributed by atoms with Crippen LogP contribution in [0.25, 0.3) is 11.5 Å². The summed E-state index contributed by atoms with van der Waals surface area (Å²) in [5, 5.41) is 18.7. The molecule has 23 heavy (non-hydrogen) atoms. The molecule has 0 saturated carbocycles. The van der Waals surface area contributed by atoms with Gasteiger partial charge in [-0.2, -0.15) is 0 Å². The van der Waals surface area contributed by atoms with E-state index < -0.39 is 4.92 Å². The topological polar surface area (TPSA) is 91.3 Å². The Balaban J connectivity index is 1.68. The van der Waals surface area contributed by atoms with Crippen molar-refractivity contribution >= 4 is 5.69 Å². The third-order valence-electron chi connectivity index (χ3n) is 3.21. The average molecular weight is 311 g/mol. The van der Waals surface area contributed by atoms with Crippen LogP contribution in [-0.4, -0.2) is 15.1 Å². The van der Waals surface area contributed by atoms with Crippen LogP contribution in [0.1, 0.15) is 11.5 Å². The standard InChI is InChI=1S/C16H13N3O4/c1-11-9-13(7-8-14(11)19(20)21)22-10-15-17-18-16(23-15)12-5-3-2-4-6-12/h2-9H,10H2,1H3. The van der Waals surface area contributed by atoms with Crippen LogP contribution in [0, 0.1) is 17.0 Å². The number of aryl methyl sites for hydroxylation is 1. The van der Waals surface area contributed by atoms with Gasteiger partial charge in [0, 0.05) is 17.2 Å². The van der Waals surface area contributed by atoms with Gasteiger partial charge in [-0.1, -0.05) is 18.2 Å². The lowest BCUT2D eigenvalue weighted by molar-refractivity contribution is -0.385. The van der Waals surface area contributed by atoms with Gasteiger partial charge in [0.15, 0.2) is 6.61 Å². The second-order valence-corrected chi connectivity index (χ2v) is 4.86. The molecule has 0 atom stereocenters. The minimum absolute atomic E-state index is 0.0569. The van der Waals surface area contributed by atoms with Crippen molar-refractivity contribution in [2.24, 2.45) is 0 Å². The van der Waals surface area contributed by atoms with Gasteiger partial charge in [0.1, 0.15) is 5.75 Å². The van der Waals surface area contributed by atoms with E-state index in [0.29, 0.717) is 23.1 Å². The fraction of sp³-hybridized carbons (Fsp3) is 0.125. The van der Waals surface area contributed by atoms with Crippen LogP contribution in [0.5, 0.6) is 5.75 Å². The lowest BCUT2D eigenvalue weighted by Crippen LogP contribution is -1.97. The summed E-state index contributed by atoms with van der Waals surface area (Å²) in [4.78, 5) is 10.4. The molecular formula is C16H13N3O4. The number of benzene rings is 2. The predicted molar refractivity (Wildman–Crippen MR) is 81.9 cm³/mol. The molecule has 0 aliphatic rings. The van der Waals surface area contributed by atoms with Crippen molar-refractivity contribution in [3.8, 4) is 17.2 Å². The molecule has 3 rings (SSSR count). The van der Waals surface area contributed by atoms with Gasteiger partial charge in [-0.25, -0.2) is 0 Å². The second kappa shape index (κ2) is 6.27. The van der Waals surface area contributed by atoms with Crippen molar-refractivity contribution in [1.82, 2.24) is 10.2 Å². The van der Waals surface area contributed by atoms with Crippen LogP contribution in [0.15, 0.2) is 52.9 Å². The molecule has 116 valence electrons. The number of aromatic nitrogens is 2. The molecule has 0 amide bonds. The second-order valence-electron chi connectivity index (χ2n) is 4.86. The highest BCUT2D eigenvalue weighted by molar-refractivity contribution is 5.51. The molecule has 0 aliphatic heterocycles. The summed E-state index contributed by atoms with van der Waals surface area (Å²) in [6, 6.07) is 14.0. The third kappa shape index (κ3) is 3.34. The summed E-state index contributed by atoms with van der Waals surface area (Å²) >= 11 is 0. The number of rotatable bonds is 5. The predicted octanol–water partition coefficient (Wildman–Crippen LogP) is 3.53. The van der Waals surface area contributed by atoms with Gasteiger partial charge in [-0.05, 0) is 31.2 Å². The molecule has 0 unspecified atom stereocenters. The van der Waals surface area contributed by atoms with Crippen molar-refractivity contribution in [3.63, 3.8) is 0 Å².